The van der Waals surface area contributed by atoms with Crippen LogP contribution in [0.3, 0.4) is 0 Å². The van der Waals surface area contributed by atoms with Crippen molar-refractivity contribution in [2.24, 2.45) is 0 Å². The summed E-state index contributed by atoms with van der Waals surface area (Å²) in [6, 6.07) is 0.636. The third-order valence-electron chi connectivity index (χ3n) is 3.14. The van der Waals surface area contributed by atoms with Gasteiger partial charge in [-0.15, -0.1) is 0 Å². The zero-order valence-electron chi connectivity index (χ0n) is 10.1. The maximum Gasteiger partial charge on any atom is 0.0727 e. The van der Waals surface area contributed by atoms with Crippen molar-refractivity contribution in [2.45, 2.75) is 32.9 Å². The summed E-state index contributed by atoms with van der Waals surface area (Å²) < 4.78 is 0. The van der Waals surface area contributed by atoms with Gasteiger partial charge in [0.25, 0.3) is 0 Å². The third-order valence-corrected chi connectivity index (χ3v) is 3.14. The van der Waals surface area contributed by atoms with E-state index in [1.54, 1.807) is 0 Å². The largest absolute Gasteiger partial charge is 0.314 e. The molecule has 0 radical (unpaired) electrons. The molecule has 1 aliphatic rings. The molecule has 88 valence electrons. The lowest BCUT2D eigenvalue weighted by Crippen LogP contribution is -2.50. The zero-order chi connectivity index (χ0) is 11.4. The fourth-order valence-corrected chi connectivity index (χ4v) is 2.12. The van der Waals surface area contributed by atoms with Crippen LogP contribution in [-0.4, -0.2) is 40.5 Å². The minimum Gasteiger partial charge on any atom is -0.314 e. The molecule has 1 aromatic heterocycles. The summed E-state index contributed by atoms with van der Waals surface area (Å²) in [4.78, 5) is 11.2. The second-order valence-corrected chi connectivity index (χ2v) is 4.39. The van der Waals surface area contributed by atoms with Crippen molar-refractivity contribution < 1.29 is 0 Å². The highest BCUT2D eigenvalue weighted by molar-refractivity contribution is 5.01. The van der Waals surface area contributed by atoms with Gasteiger partial charge in [0.15, 0.2) is 0 Å². The van der Waals surface area contributed by atoms with E-state index in [4.69, 9.17) is 0 Å². The van der Waals surface area contributed by atoms with Crippen molar-refractivity contribution in [1.29, 1.82) is 0 Å². The first-order valence-corrected chi connectivity index (χ1v) is 6.02. The van der Waals surface area contributed by atoms with E-state index in [2.05, 4.69) is 27.1 Å². The predicted octanol–water partition coefficient (Wildman–Crippen LogP) is 0.969. The molecule has 2 heterocycles. The van der Waals surface area contributed by atoms with E-state index in [1.807, 2.05) is 19.3 Å². The van der Waals surface area contributed by atoms with Crippen molar-refractivity contribution >= 4 is 0 Å². The summed E-state index contributed by atoms with van der Waals surface area (Å²) >= 11 is 0. The smallest absolute Gasteiger partial charge is 0.0727 e. The number of piperazine rings is 1. The molecule has 2 rings (SSSR count). The summed E-state index contributed by atoms with van der Waals surface area (Å²) in [6.07, 6.45) is 4.93. The first-order chi connectivity index (χ1) is 7.79. The van der Waals surface area contributed by atoms with Crippen LogP contribution in [0.2, 0.25) is 0 Å². The SMILES string of the molecule is CCC1CNCCN1Cc1cnc(C)cn1. The fraction of sp³-hybridized carbons (Fsp3) is 0.667. The van der Waals surface area contributed by atoms with Gasteiger partial charge in [-0.3, -0.25) is 14.9 Å². The van der Waals surface area contributed by atoms with Gasteiger partial charge in [0.2, 0.25) is 0 Å². The predicted molar refractivity (Wildman–Crippen MR) is 64.1 cm³/mol. The summed E-state index contributed by atoms with van der Waals surface area (Å²) in [5.41, 5.74) is 2.06. The maximum atomic E-state index is 4.42. The van der Waals surface area contributed by atoms with Gasteiger partial charge in [-0.2, -0.15) is 0 Å². The van der Waals surface area contributed by atoms with Gasteiger partial charge in [-0.05, 0) is 13.3 Å². The molecule has 1 aliphatic heterocycles. The molecule has 1 saturated heterocycles. The number of hydrogen-bond donors (Lipinski definition) is 1. The van der Waals surface area contributed by atoms with Crippen LogP contribution in [0.25, 0.3) is 0 Å². The molecule has 16 heavy (non-hydrogen) atoms. The molecule has 1 fully saturated rings. The molecule has 0 spiro atoms. The Morgan fingerprint density at radius 3 is 3.00 bits per heavy atom. The van der Waals surface area contributed by atoms with E-state index in [1.165, 1.54) is 6.42 Å². The van der Waals surface area contributed by atoms with E-state index in [0.29, 0.717) is 6.04 Å². The second kappa shape index (κ2) is 5.37. The standard InChI is InChI=1S/C12H20N4/c1-3-12-8-13-4-5-16(12)9-11-7-14-10(2)6-15-11/h6-7,12-13H,3-5,8-9H2,1-2H3. The van der Waals surface area contributed by atoms with E-state index < -0.39 is 0 Å². The van der Waals surface area contributed by atoms with Crippen LogP contribution in [0, 0.1) is 6.92 Å². The molecule has 1 N–H and O–H groups in total. The Morgan fingerprint density at radius 2 is 2.31 bits per heavy atom. The van der Waals surface area contributed by atoms with Crippen molar-refractivity contribution in [3.05, 3.63) is 23.8 Å². The Morgan fingerprint density at radius 1 is 1.44 bits per heavy atom. The number of hydrogen-bond acceptors (Lipinski definition) is 4. The number of aromatic nitrogens is 2. The number of aryl methyl sites for hydroxylation is 1. The quantitative estimate of drug-likeness (QED) is 0.824. The van der Waals surface area contributed by atoms with Gasteiger partial charge < -0.3 is 5.32 Å². The normalized spacial score (nSPS) is 22.2. The van der Waals surface area contributed by atoms with Crippen molar-refractivity contribution in [3.63, 3.8) is 0 Å². The number of nitrogens with one attached hydrogen (secondary N) is 1. The van der Waals surface area contributed by atoms with Crippen LogP contribution in [0.4, 0.5) is 0 Å². The highest BCUT2D eigenvalue weighted by atomic mass is 15.2. The van der Waals surface area contributed by atoms with E-state index in [0.717, 1.165) is 37.6 Å². The van der Waals surface area contributed by atoms with Crippen LogP contribution in [-0.2, 0) is 6.54 Å². The molecule has 1 unspecified atom stereocenters. The van der Waals surface area contributed by atoms with Gasteiger partial charge in [-0.1, -0.05) is 6.92 Å². The second-order valence-electron chi connectivity index (χ2n) is 4.39. The van der Waals surface area contributed by atoms with Crippen LogP contribution >= 0.6 is 0 Å². The number of rotatable bonds is 3. The summed E-state index contributed by atoms with van der Waals surface area (Å²) in [7, 11) is 0. The highest BCUT2D eigenvalue weighted by Crippen LogP contribution is 2.10. The Bertz CT molecular complexity index is 322. The lowest BCUT2D eigenvalue weighted by Gasteiger charge is -2.35. The Kier molecular flexibility index (Phi) is 3.85. The average Bonchev–Trinajstić information content (AvgIpc) is 2.33. The summed E-state index contributed by atoms with van der Waals surface area (Å²) in [6.45, 7) is 8.41. The molecule has 1 atom stereocenters. The monoisotopic (exact) mass is 220 g/mol. The fourth-order valence-electron chi connectivity index (χ4n) is 2.12. The van der Waals surface area contributed by atoms with Crippen molar-refractivity contribution in [2.75, 3.05) is 19.6 Å². The topological polar surface area (TPSA) is 41.0 Å². The van der Waals surface area contributed by atoms with Gasteiger partial charge >= 0.3 is 0 Å². The first kappa shape index (κ1) is 11.5. The molecule has 0 saturated carbocycles. The molecule has 0 aliphatic carbocycles. The molecule has 0 amide bonds. The van der Waals surface area contributed by atoms with Gasteiger partial charge in [0.1, 0.15) is 0 Å². The molecular formula is C12H20N4. The van der Waals surface area contributed by atoms with E-state index in [9.17, 15) is 0 Å². The molecule has 4 nitrogen and oxygen atoms in total. The van der Waals surface area contributed by atoms with E-state index in [-0.39, 0.29) is 0 Å². The van der Waals surface area contributed by atoms with E-state index >= 15 is 0 Å². The third kappa shape index (κ3) is 2.77. The Hall–Kier alpha value is -1.00. The van der Waals surface area contributed by atoms with Crippen LogP contribution < -0.4 is 5.32 Å². The molecule has 4 heteroatoms. The van der Waals surface area contributed by atoms with Gasteiger partial charge in [0, 0.05) is 44.6 Å². The molecular weight excluding hydrogens is 200 g/mol. The summed E-state index contributed by atoms with van der Waals surface area (Å²) in [5, 5.41) is 3.43. The highest BCUT2D eigenvalue weighted by Gasteiger charge is 2.20. The van der Waals surface area contributed by atoms with Gasteiger partial charge in [0.05, 0.1) is 11.4 Å². The van der Waals surface area contributed by atoms with Gasteiger partial charge in [-0.25, -0.2) is 0 Å². The maximum absolute atomic E-state index is 4.42. The van der Waals surface area contributed by atoms with Crippen molar-refractivity contribution in [3.8, 4) is 0 Å². The Labute approximate surface area is 97.1 Å². The lowest BCUT2D eigenvalue weighted by atomic mass is 10.1. The molecule has 1 aromatic rings. The van der Waals surface area contributed by atoms with Crippen LogP contribution in [0.5, 0.6) is 0 Å². The zero-order valence-corrected chi connectivity index (χ0v) is 10.1. The van der Waals surface area contributed by atoms with Crippen LogP contribution in [0.15, 0.2) is 12.4 Å². The summed E-state index contributed by atoms with van der Waals surface area (Å²) in [5.74, 6) is 0. The minimum atomic E-state index is 0.636. The average molecular weight is 220 g/mol. The Balaban J connectivity index is 1.99. The number of nitrogens with zero attached hydrogens (tertiary/aromatic N) is 3. The van der Waals surface area contributed by atoms with Crippen molar-refractivity contribution in [1.82, 2.24) is 20.2 Å². The molecule has 0 bridgehead atoms. The van der Waals surface area contributed by atoms with Crippen LogP contribution in [0.1, 0.15) is 24.7 Å². The minimum absolute atomic E-state index is 0.636. The lowest BCUT2D eigenvalue weighted by molar-refractivity contribution is 0.147. The first-order valence-electron chi connectivity index (χ1n) is 6.02. The molecule has 0 aromatic carbocycles.